The van der Waals surface area contributed by atoms with E-state index in [0.717, 1.165) is 16.9 Å². The van der Waals surface area contributed by atoms with Crippen LogP contribution in [0.4, 0.5) is 0 Å². The largest absolute Gasteiger partial charge is 0.487 e. The van der Waals surface area contributed by atoms with Crippen LogP contribution in [0.15, 0.2) is 30.3 Å². The maximum Gasteiger partial charge on any atom is 0.352 e. The first-order chi connectivity index (χ1) is 10.1. The fourth-order valence-electron chi connectivity index (χ4n) is 1.72. The summed E-state index contributed by atoms with van der Waals surface area (Å²) in [5.41, 5.74) is 1.24. The highest BCUT2D eigenvalue weighted by Gasteiger charge is 2.22. The number of hydrogen-bond donors (Lipinski definition) is 0. The fourth-order valence-corrected chi connectivity index (χ4v) is 2.54. The Morgan fingerprint density at radius 2 is 1.81 bits per heavy atom. The summed E-state index contributed by atoms with van der Waals surface area (Å²) in [7, 11) is 2.74. The molecule has 110 valence electrons. The van der Waals surface area contributed by atoms with Gasteiger partial charge in [0.2, 0.25) is 0 Å². The van der Waals surface area contributed by atoms with Crippen LogP contribution >= 0.6 is 11.3 Å². The molecule has 0 saturated carbocycles. The number of carbonyl (C=O) groups is 2. The van der Waals surface area contributed by atoms with Crippen molar-refractivity contribution in [1.82, 2.24) is 0 Å². The minimum Gasteiger partial charge on any atom is -0.487 e. The molecular formula is C15H14O5S. The van der Waals surface area contributed by atoms with Gasteiger partial charge in [-0.25, -0.2) is 9.59 Å². The van der Waals surface area contributed by atoms with E-state index in [1.165, 1.54) is 20.3 Å². The van der Waals surface area contributed by atoms with E-state index in [9.17, 15) is 9.59 Å². The predicted octanol–water partition coefficient (Wildman–Crippen LogP) is 3.07. The van der Waals surface area contributed by atoms with Crippen LogP contribution in [0.5, 0.6) is 10.8 Å². The van der Waals surface area contributed by atoms with Gasteiger partial charge >= 0.3 is 11.9 Å². The summed E-state index contributed by atoms with van der Waals surface area (Å²) < 4.78 is 15.0. The van der Waals surface area contributed by atoms with Crippen molar-refractivity contribution in [2.24, 2.45) is 0 Å². The smallest absolute Gasteiger partial charge is 0.352 e. The number of carbonyl (C=O) groups excluding carboxylic acids is 2. The minimum atomic E-state index is -0.573. The fraction of sp³-hybridized carbons (Fsp3) is 0.200. The van der Waals surface area contributed by atoms with E-state index >= 15 is 0 Å². The molecule has 0 aliphatic heterocycles. The molecule has 2 aromatic rings. The number of thiophene rings is 1. The molecule has 0 amide bonds. The summed E-state index contributed by atoms with van der Waals surface area (Å²) in [6.45, 7) is 1.81. The van der Waals surface area contributed by atoms with Gasteiger partial charge in [0.15, 0.2) is 15.7 Å². The second-order valence-electron chi connectivity index (χ2n) is 4.16. The van der Waals surface area contributed by atoms with Gasteiger partial charge in [-0.2, -0.15) is 0 Å². The van der Waals surface area contributed by atoms with Gasteiger partial charge < -0.3 is 14.2 Å². The number of esters is 2. The van der Waals surface area contributed by atoms with E-state index in [0.29, 0.717) is 10.6 Å². The molecule has 5 nitrogen and oxygen atoms in total. The van der Waals surface area contributed by atoms with Gasteiger partial charge in [0.25, 0.3) is 0 Å². The quantitative estimate of drug-likeness (QED) is 0.812. The van der Waals surface area contributed by atoms with Crippen molar-refractivity contribution in [1.29, 1.82) is 0 Å². The van der Waals surface area contributed by atoms with Crippen molar-refractivity contribution in [3.05, 3.63) is 46.3 Å². The summed E-state index contributed by atoms with van der Waals surface area (Å²) >= 11 is 1.06. The molecule has 2 rings (SSSR count). The topological polar surface area (TPSA) is 61.8 Å². The zero-order chi connectivity index (χ0) is 15.4. The van der Waals surface area contributed by atoms with Crippen LogP contribution in [0.25, 0.3) is 0 Å². The third-order valence-corrected chi connectivity index (χ3v) is 3.87. The molecule has 0 aliphatic rings. The molecule has 1 aromatic carbocycles. The number of hydrogen-bond acceptors (Lipinski definition) is 6. The van der Waals surface area contributed by atoms with Gasteiger partial charge in [0.05, 0.1) is 19.8 Å². The molecule has 0 spiro atoms. The lowest BCUT2D eigenvalue weighted by Crippen LogP contribution is -2.11. The molecule has 0 radical (unpaired) electrons. The molecule has 6 heteroatoms. The second kappa shape index (κ2) is 6.41. The normalized spacial score (nSPS) is 10.0. The lowest BCUT2D eigenvalue weighted by molar-refractivity contribution is 0.0599. The Morgan fingerprint density at radius 1 is 1.10 bits per heavy atom. The first-order valence-electron chi connectivity index (χ1n) is 6.10. The maximum atomic E-state index is 12.2. The standard InChI is InChI=1S/C15H14O5S/c1-9-6-4-5-7-10(9)14(16)20-11-8-12(18-2)21-13(11)15(17)19-3/h4-8H,1-3H3. The Balaban J connectivity index is 2.31. The summed E-state index contributed by atoms with van der Waals surface area (Å²) in [6, 6.07) is 8.55. The van der Waals surface area contributed by atoms with Crippen molar-refractivity contribution in [3.8, 4) is 10.8 Å². The van der Waals surface area contributed by atoms with Crippen LogP contribution < -0.4 is 9.47 Å². The molecule has 0 fully saturated rings. The number of aryl methyl sites for hydroxylation is 1. The second-order valence-corrected chi connectivity index (χ2v) is 5.17. The third kappa shape index (κ3) is 3.22. The SMILES string of the molecule is COC(=O)c1sc(OC)cc1OC(=O)c1ccccc1C. The zero-order valence-electron chi connectivity index (χ0n) is 11.8. The summed E-state index contributed by atoms with van der Waals surface area (Å²) in [4.78, 5) is 24.1. The number of benzene rings is 1. The molecule has 21 heavy (non-hydrogen) atoms. The van der Waals surface area contributed by atoms with E-state index < -0.39 is 11.9 Å². The molecule has 1 heterocycles. The van der Waals surface area contributed by atoms with Crippen LogP contribution in [-0.2, 0) is 4.74 Å². The highest BCUT2D eigenvalue weighted by molar-refractivity contribution is 7.16. The molecule has 0 saturated heterocycles. The Hall–Kier alpha value is -2.34. The zero-order valence-corrected chi connectivity index (χ0v) is 12.7. The van der Waals surface area contributed by atoms with Gasteiger partial charge in [-0.1, -0.05) is 29.5 Å². The van der Waals surface area contributed by atoms with Crippen LogP contribution in [0, 0.1) is 6.92 Å². The molecule has 0 N–H and O–H groups in total. The Bertz CT molecular complexity index is 674. The molecule has 0 aliphatic carbocycles. The van der Waals surface area contributed by atoms with Crippen molar-refractivity contribution in [2.45, 2.75) is 6.92 Å². The lowest BCUT2D eigenvalue weighted by atomic mass is 10.1. The summed E-state index contributed by atoms with van der Waals surface area (Å²) in [6.07, 6.45) is 0. The van der Waals surface area contributed by atoms with Crippen LogP contribution in [0.2, 0.25) is 0 Å². The monoisotopic (exact) mass is 306 g/mol. The third-order valence-electron chi connectivity index (χ3n) is 2.82. The van der Waals surface area contributed by atoms with E-state index in [1.807, 2.05) is 19.1 Å². The van der Waals surface area contributed by atoms with E-state index in [4.69, 9.17) is 9.47 Å². The average molecular weight is 306 g/mol. The summed E-state index contributed by atoms with van der Waals surface area (Å²) in [5.74, 6) is -0.966. The maximum absolute atomic E-state index is 12.2. The van der Waals surface area contributed by atoms with Gasteiger partial charge in [0.1, 0.15) is 0 Å². The molecule has 0 bridgehead atoms. The number of rotatable bonds is 4. The molecule has 0 atom stereocenters. The van der Waals surface area contributed by atoms with Crippen molar-refractivity contribution >= 4 is 23.3 Å². The average Bonchev–Trinajstić information content (AvgIpc) is 2.89. The van der Waals surface area contributed by atoms with Crippen molar-refractivity contribution < 1.29 is 23.8 Å². The molecular weight excluding hydrogens is 292 g/mol. The van der Waals surface area contributed by atoms with Crippen molar-refractivity contribution in [3.63, 3.8) is 0 Å². The highest BCUT2D eigenvalue weighted by atomic mass is 32.1. The van der Waals surface area contributed by atoms with Gasteiger partial charge in [0, 0.05) is 6.07 Å². The predicted molar refractivity (Wildman–Crippen MR) is 78.3 cm³/mol. The molecule has 0 unspecified atom stereocenters. The van der Waals surface area contributed by atoms with E-state index in [-0.39, 0.29) is 10.6 Å². The first kappa shape index (κ1) is 15.1. The lowest BCUT2D eigenvalue weighted by Gasteiger charge is -2.06. The first-order valence-corrected chi connectivity index (χ1v) is 6.92. The number of methoxy groups -OCH3 is 2. The van der Waals surface area contributed by atoms with Crippen LogP contribution in [0.3, 0.4) is 0 Å². The van der Waals surface area contributed by atoms with Gasteiger partial charge in [-0.05, 0) is 18.6 Å². The Kier molecular flexibility index (Phi) is 4.59. The number of ether oxygens (including phenoxy) is 3. The summed E-state index contributed by atoms with van der Waals surface area (Å²) in [5, 5.41) is 0.461. The van der Waals surface area contributed by atoms with E-state index in [2.05, 4.69) is 4.74 Å². The van der Waals surface area contributed by atoms with Gasteiger partial charge in [-0.15, -0.1) is 0 Å². The van der Waals surface area contributed by atoms with Crippen molar-refractivity contribution in [2.75, 3.05) is 14.2 Å². The van der Waals surface area contributed by atoms with E-state index in [1.54, 1.807) is 12.1 Å². The molecule has 1 aromatic heterocycles. The Morgan fingerprint density at radius 3 is 2.43 bits per heavy atom. The highest BCUT2D eigenvalue weighted by Crippen LogP contribution is 2.35. The van der Waals surface area contributed by atoms with Crippen LogP contribution in [0.1, 0.15) is 25.6 Å². The van der Waals surface area contributed by atoms with Crippen LogP contribution in [-0.4, -0.2) is 26.2 Å². The Labute approximate surface area is 126 Å². The minimum absolute atomic E-state index is 0.136. The van der Waals surface area contributed by atoms with Gasteiger partial charge in [-0.3, -0.25) is 0 Å².